The van der Waals surface area contributed by atoms with E-state index in [1.807, 2.05) is 60.7 Å². The van der Waals surface area contributed by atoms with Crippen LogP contribution in [-0.2, 0) is 0 Å². The number of benzene rings is 2. The lowest BCUT2D eigenvalue weighted by atomic mass is 10.1. The van der Waals surface area contributed by atoms with E-state index in [0.717, 1.165) is 27.2 Å². The van der Waals surface area contributed by atoms with Crippen molar-refractivity contribution in [3.63, 3.8) is 0 Å². The molecule has 2 aromatic carbocycles. The van der Waals surface area contributed by atoms with E-state index in [1.54, 1.807) is 29.6 Å². The van der Waals surface area contributed by atoms with E-state index in [0.29, 0.717) is 41.6 Å². The van der Waals surface area contributed by atoms with Gasteiger partial charge in [0, 0.05) is 36.8 Å². The first-order valence-corrected chi connectivity index (χ1v) is 12.9. The Balaban J connectivity index is 1.26. The number of halogens is 2. The standard InChI is InChI=1S/C26H24BrClN8O/c1-17-24(33-36(32-17)18-9-4-3-5-10-18)26(37)34(2)14-8-13-29-23-15-22(19-11-6-7-12-21(19)28)31-25-20(27)16-30-35(23)25/h3-7,9-12,15-16,29H,8,13-14H2,1-2H3. The van der Waals surface area contributed by atoms with Gasteiger partial charge in [0.1, 0.15) is 5.82 Å². The fourth-order valence-corrected chi connectivity index (χ4v) is 4.52. The number of carbonyl (C=O) groups is 1. The Morgan fingerprint density at radius 1 is 1.11 bits per heavy atom. The zero-order valence-electron chi connectivity index (χ0n) is 20.3. The lowest BCUT2D eigenvalue weighted by Gasteiger charge is -2.17. The highest BCUT2D eigenvalue weighted by Gasteiger charge is 2.20. The van der Waals surface area contributed by atoms with Gasteiger partial charge in [-0.3, -0.25) is 4.79 Å². The van der Waals surface area contributed by atoms with Crippen LogP contribution in [0.1, 0.15) is 22.6 Å². The second-order valence-electron chi connectivity index (χ2n) is 8.50. The first kappa shape index (κ1) is 24.9. The van der Waals surface area contributed by atoms with Crippen molar-refractivity contribution in [1.29, 1.82) is 0 Å². The quantitative estimate of drug-likeness (QED) is 0.252. The lowest BCUT2D eigenvalue weighted by Crippen LogP contribution is -2.30. The third-order valence-corrected chi connectivity index (χ3v) is 6.76. The third-order valence-electron chi connectivity index (χ3n) is 5.87. The number of rotatable bonds is 8. The highest BCUT2D eigenvalue weighted by Crippen LogP contribution is 2.30. The smallest absolute Gasteiger partial charge is 0.276 e. The summed E-state index contributed by atoms with van der Waals surface area (Å²) in [5.41, 5.74) is 4.01. The molecule has 0 aliphatic heterocycles. The van der Waals surface area contributed by atoms with Gasteiger partial charge in [0.15, 0.2) is 11.3 Å². The van der Waals surface area contributed by atoms with E-state index in [1.165, 1.54) is 4.80 Å². The maximum atomic E-state index is 13.0. The van der Waals surface area contributed by atoms with Gasteiger partial charge in [-0.2, -0.15) is 19.5 Å². The van der Waals surface area contributed by atoms with E-state index < -0.39 is 0 Å². The van der Waals surface area contributed by atoms with Crippen LogP contribution < -0.4 is 5.32 Å². The van der Waals surface area contributed by atoms with E-state index in [2.05, 4.69) is 36.5 Å². The van der Waals surface area contributed by atoms with Crippen LogP contribution in [0.4, 0.5) is 5.82 Å². The number of aromatic nitrogens is 6. The summed E-state index contributed by atoms with van der Waals surface area (Å²) in [6.45, 7) is 2.95. The molecule has 0 spiro atoms. The Morgan fingerprint density at radius 3 is 2.65 bits per heavy atom. The molecule has 37 heavy (non-hydrogen) atoms. The number of carbonyl (C=O) groups excluding carboxylic acids is 1. The van der Waals surface area contributed by atoms with Crippen LogP contribution in [-0.4, -0.2) is 60.5 Å². The molecule has 5 rings (SSSR count). The Bertz CT molecular complexity index is 1570. The molecule has 0 saturated carbocycles. The van der Waals surface area contributed by atoms with Gasteiger partial charge in [0.2, 0.25) is 0 Å². The van der Waals surface area contributed by atoms with Crippen molar-refractivity contribution in [2.45, 2.75) is 13.3 Å². The average Bonchev–Trinajstić information content (AvgIpc) is 3.49. The van der Waals surface area contributed by atoms with Gasteiger partial charge in [-0.25, -0.2) is 4.98 Å². The fraction of sp³-hybridized carbons (Fsp3) is 0.192. The van der Waals surface area contributed by atoms with Gasteiger partial charge in [-0.05, 0) is 47.5 Å². The number of para-hydroxylation sites is 1. The van der Waals surface area contributed by atoms with E-state index in [-0.39, 0.29) is 5.91 Å². The number of fused-ring (bicyclic) bond motifs is 1. The van der Waals surface area contributed by atoms with Crippen molar-refractivity contribution in [2.24, 2.45) is 0 Å². The molecule has 188 valence electrons. The molecule has 0 bridgehead atoms. The van der Waals surface area contributed by atoms with Crippen LogP contribution in [0.2, 0.25) is 5.02 Å². The van der Waals surface area contributed by atoms with E-state index in [9.17, 15) is 4.79 Å². The Labute approximate surface area is 227 Å². The first-order chi connectivity index (χ1) is 17.9. The molecule has 0 radical (unpaired) electrons. The maximum absolute atomic E-state index is 13.0. The zero-order chi connectivity index (χ0) is 25.9. The van der Waals surface area contributed by atoms with Crippen molar-refractivity contribution < 1.29 is 4.79 Å². The second kappa shape index (κ2) is 10.7. The van der Waals surface area contributed by atoms with Gasteiger partial charge >= 0.3 is 0 Å². The van der Waals surface area contributed by atoms with Crippen molar-refractivity contribution in [3.8, 4) is 16.9 Å². The predicted octanol–water partition coefficient (Wildman–Crippen LogP) is 5.28. The molecule has 0 atom stereocenters. The highest BCUT2D eigenvalue weighted by atomic mass is 79.9. The summed E-state index contributed by atoms with van der Waals surface area (Å²) in [6, 6.07) is 19.1. The second-order valence-corrected chi connectivity index (χ2v) is 9.76. The molecule has 0 aliphatic carbocycles. The number of anilines is 1. The summed E-state index contributed by atoms with van der Waals surface area (Å²) in [4.78, 5) is 20.9. The molecule has 3 aromatic heterocycles. The summed E-state index contributed by atoms with van der Waals surface area (Å²) >= 11 is 9.95. The summed E-state index contributed by atoms with van der Waals surface area (Å²) in [5, 5.41) is 17.3. The van der Waals surface area contributed by atoms with Gasteiger partial charge < -0.3 is 10.2 Å². The van der Waals surface area contributed by atoms with Crippen LogP contribution in [0.25, 0.3) is 22.6 Å². The molecule has 5 aromatic rings. The Morgan fingerprint density at radius 2 is 1.86 bits per heavy atom. The fourth-order valence-electron chi connectivity index (χ4n) is 3.94. The lowest BCUT2D eigenvalue weighted by molar-refractivity contribution is 0.0787. The summed E-state index contributed by atoms with van der Waals surface area (Å²) in [5.74, 6) is 0.615. The zero-order valence-corrected chi connectivity index (χ0v) is 22.6. The molecular formula is C26H24BrClN8O. The number of hydrogen-bond acceptors (Lipinski definition) is 6. The van der Waals surface area contributed by atoms with Gasteiger partial charge in [0.05, 0.1) is 27.7 Å². The maximum Gasteiger partial charge on any atom is 0.276 e. The van der Waals surface area contributed by atoms with E-state index >= 15 is 0 Å². The third kappa shape index (κ3) is 5.21. The molecule has 11 heteroatoms. The number of nitrogens with one attached hydrogen (secondary N) is 1. The normalized spacial score (nSPS) is 11.1. The minimum Gasteiger partial charge on any atom is -0.370 e. The molecule has 3 heterocycles. The molecule has 9 nitrogen and oxygen atoms in total. The summed E-state index contributed by atoms with van der Waals surface area (Å²) < 4.78 is 2.53. The Hall–Kier alpha value is -3.76. The van der Waals surface area contributed by atoms with Crippen molar-refractivity contribution in [1.82, 2.24) is 34.5 Å². The minimum atomic E-state index is -0.164. The average molecular weight is 580 g/mol. The highest BCUT2D eigenvalue weighted by molar-refractivity contribution is 9.10. The molecule has 0 unspecified atom stereocenters. The first-order valence-electron chi connectivity index (χ1n) is 11.7. The molecule has 0 saturated heterocycles. The molecule has 1 N–H and O–H groups in total. The van der Waals surface area contributed by atoms with E-state index in [4.69, 9.17) is 16.6 Å². The number of nitrogens with zero attached hydrogens (tertiary/aromatic N) is 7. The van der Waals surface area contributed by atoms with Gasteiger partial charge in [-0.15, -0.1) is 5.10 Å². The van der Waals surface area contributed by atoms with Crippen molar-refractivity contribution in [3.05, 3.63) is 87.7 Å². The van der Waals surface area contributed by atoms with Gasteiger partial charge in [0.25, 0.3) is 5.91 Å². The SMILES string of the molecule is Cc1nn(-c2ccccc2)nc1C(=O)N(C)CCCNc1cc(-c2ccccc2Cl)nc2c(Br)cnn12. The summed E-state index contributed by atoms with van der Waals surface area (Å²) in [7, 11) is 1.77. The largest absolute Gasteiger partial charge is 0.370 e. The number of amides is 1. The Kier molecular flexibility index (Phi) is 7.20. The molecular weight excluding hydrogens is 556 g/mol. The predicted molar refractivity (Wildman–Crippen MR) is 147 cm³/mol. The van der Waals surface area contributed by atoms with Crippen LogP contribution in [0.3, 0.4) is 0 Å². The molecule has 1 amide bonds. The van der Waals surface area contributed by atoms with Crippen LogP contribution in [0.15, 0.2) is 71.3 Å². The van der Waals surface area contributed by atoms with Crippen molar-refractivity contribution >= 4 is 44.9 Å². The molecule has 0 fully saturated rings. The van der Waals surface area contributed by atoms with Crippen LogP contribution >= 0.6 is 27.5 Å². The number of hydrogen-bond donors (Lipinski definition) is 1. The molecule has 0 aliphatic rings. The van der Waals surface area contributed by atoms with Crippen molar-refractivity contribution in [2.75, 3.05) is 25.5 Å². The minimum absolute atomic E-state index is 0.164. The van der Waals surface area contributed by atoms with Gasteiger partial charge in [-0.1, -0.05) is 48.0 Å². The monoisotopic (exact) mass is 578 g/mol. The summed E-state index contributed by atoms with van der Waals surface area (Å²) in [6.07, 6.45) is 2.42. The topological polar surface area (TPSA) is 93.2 Å². The van der Waals surface area contributed by atoms with Crippen LogP contribution in [0.5, 0.6) is 0 Å². The van der Waals surface area contributed by atoms with Crippen LogP contribution in [0, 0.1) is 6.92 Å². The number of aryl methyl sites for hydroxylation is 1.